The molecule has 0 spiro atoms. The van der Waals surface area contributed by atoms with Crippen LogP contribution >= 0.6 is 0 Å². The number of fused-ring (bicyclic) bond motifs is 1. The van der Waals surface area contributed by atoms with E-state index in [9.17, 15) is 21.9 Å². The molecule has 9 N–H and O–H groups in total. The zero-order valence-corrected chi connectivity index (χ0v) is 19.8. The van der Waals surface area contributed by atoms with E-state index in [1.54, 1.807) is 18.2 Å². The molecule has 0 saturated heterocycles. The number of aliphatic imine (C=N–C) groups is 1. The van der Waals surface area contributed by atoms with Gasteiger partial charge in [0.15, 0.2) is 12.5 Å². The van der Waals surface area contributed by atoms with Gasteiger partial charge in [-0.3, -0.25) is 0 Å². The highest BCUT2D eigenvalue weighted by molar-refractivity contribution is 7.92. The molecule has 1 aromatic heterocycles. The number of hydrogen-bond donors (Lipinski definition) is 6. The van der Waals surface area contributed by atoms with Crippen LogP contribution < -0.4 is 21.3 Å². The third kappa shape index (κ3) is 4.72. The van der Waals surface area contributed by atoms with Crippen LogP contribution in [0, 0.1) is 0 Å². The van der Waals surface area contributed by atoms with Gasteiger partial charge in [-0.15, -0.1) is 5.11 Å². The molecule has 1 aliphatic heterocycles. The van der Waals surface area contributed by atoms with E-state index in [-0.39, 0.29) is 43.3 Å². The SMILES string of the molecule is NCCNS(=O)(=O)c1ccc(-c2cccc3[nH]c([C@H](N)CO)nc23)c(C2=NCN=N2)c1S(N)(=O)=O. The molecule has 0 bridgehead atoms. The van der Waals surface area contributed by atoms with E-state index in [1.165, 1.54) is 6.07 Å². The number of amidine groups is 1. The molecule has 0 fully saturated rings. The lowest BCUT2D eigenvalue weighted by molar-refractivity contribution is 0.264. The number of aromatic nitrogens is 2. The smallest absolute Gasteiger partial charge is 0.241 e. The Morgan fingerprint density at radius 3 is 2.54 bits per heavy atom. The van der Waals surface area contributed by atoms with Crippen LogP contribution in [0.5, 0.6) is 0 Å². The maximum atomic E-state index is 13.0. The molecule has 4 rings (SSSR count). The van der Waals surface area contributed by atoms with E-state index in [2.05, 4.69) is 29.9 Å². The van der Waals surface area contributed by atoms with Crippen molar-refractivity contribution < 1.29 is 21.9 Å². The van der Waals surface area contributed by atoms with Crippen LogP contribution in [0.15, 0.2) is 55.3 Å². The molecular weight excluding hydrogens is 498 g/mol. The van der Waals surface area contributed by atoms with Crippen molar-refractivity contribution in [1.29, 1.82) is 0 Å². The summed E-state index contributed by atoms with van der Waals surface area (Å²) < 4.78 is 53.8. The molecule has 186 valence electrons. The molecule has 1 aliphatic rings. The molecule has 0 saturated carbocycles. The number of para-hydroxylation sites is 1. The second-order valence-electron chi connectivity index (χ2n) is 7.52. The van der Waals surface area contributed by atoms with Crippen LogP contribution in [0.3, 0.4) is 0 Å². The summed E-state index contributed by atoms with van der Waals surface area (Å²) in [5.41, 5.74) is 12.8. The van der Waals surface area contributed by atoms with Crippen molar-refractivity contribution in [2.45, 2.75) is 15.8 Å². The van der Waals surface area contributed by atoms with Gasteiger partial charge < -0.3 is 21.6 Å². The van der Waals surface area contributed by atoms with E-state index in [0.29, 0.717) is 22.4 Å². The molecule has 16 heteroatoms. The van der Waals surface area contributed by atoms with Crippen LogP contribution in [0.1, 0.15) is 17.4 Å². The number of H-pyrrole nitrogens is 1. The van der Waals surface area contributed by atoms with E-state index in [0.717, 1.165) is 6.07 Å². The number of aliphatic hydroxyl groups is 1. The molecule has 35 heavy (non-hydrogen) atoms. The lowest BCUT2D eigenvalue weighted by Gasteiger charge is -2.17. The highest BCUT2D eigenvalue weighted by Gasteiger charge is 2.33. The number of nitrogens with two attached hydrogens (primary N) is 3. The summed E-state index contributed by atoms with van der Waals surface area (Å²) in [4.78, 5) is 10.4. The molecular formula is C19H23N9O5S2. The standard InChI is InChI=1S/C19H23N9O5S2/c20-6-7-25-35(32,33)14-5-4-10(15(17(14)34(22,30)31)19-23-9-24-28-19)11-2-1-3-13-16(11)27-18(26-13)12(21)8-29/h1-5,12,25,29H,6-9,20-21H2,(H,26,27)(H2,22,30,31)/t12-/m1/s1. The topological polar surface area (TPSA) is 244 Å². The third-order valence-electron chi connectivity index (χ3n) is 5.17. The number of aliphatic hydroxyl groups excluding tert-OH is 1. The molecule has 3 aromatic rings. The summed E-state index contributed by atoms with van der Waals surface area (Å²) >= 11 is 0. The summed E-state index contributed by atoms with van der Waals surface area (Å²) in [6.45, 7) is -0.543. The molecule has 2 heterocycles. The fraction of sp³-hybridized carbons (Fsp3) is 0.263. The van der Waals surface area contributed by atoms with Crippen LogP contribution in [0.4, 0.5) is 0 Å². The van der Waals surface area contributed by atoms with Gasteiger partial charge in [-0.1, -0.05) is 18.2 Å². The van der Waals surface area contributed by atoms with Crippen molar-refractivity contribution in [1.82, 2.24) is 14.7 Å². The number of nitrogens with one attached hydrogen (secondary N) is 2. The molecule has 14 nitrogen and oxygen atoms in total. The van der Waals surface area contributed by atoms with E-state index >= 15 is 0 Å². The minimum Gasteiger partial charge on any atom is -0.394 e. The number of imidazole rings is 1. The van der Waals surface area contributed by atoms with E-state index in [1.807, 2.05) is 0 Å². The fourth-order valence-corrected chi connectivity index (χ4v) is 6.31. The van der Waals surface area contributed by atoms with Gasteiger partial charge in [0.25, 0.3) is 0 Å². The summed E-state index contributed by atoms with van der Waals surface area (Å²) in [5, 5.41) is 22.6. The Kier molecular flexibility index (Phi) is 6.78. The van der Waals surface area contributed by atoms with Crippen molar-refractivity contribution in [3.63, 3.8) is 0 Å². The minimum atomic E-state index is -4.62. The largest absolute Gasteiger partial charge is 0.394 e. The number of azo groups is 1. The van der Waals surface area contributed by atoms with E-state index in [4.69, 9.17) is 16.6 Å². The maximum absolute atomic E-state index is 13.0. The average Bonchev–Trinajstić information content (AvgIpc) is 3.50. The van der Waals surface area contributed by atoms with Crippen LogP contribution in [0.2, 0.25) is 0 Å². The van der Waals surface area contributed by atoms with Crippen molar-refractivity contribution in [2.24, 2.45) is 31.8 Å². The molecule has 0 aliphatic carbocycles. The Labute approximate surface area is 200 Å². The average molecular weight is 522 g/mol. The molecule has 0 amide bonds. The maximum Gasteiger partial charge on any atom is 0.241 e. The Bertz CT molecular complexity index is 1560. The van der Waals surface area contributed by atoms with Gasteiger partial charge in [0.05, 0.1) is 29.2 Å². The molecule has 2 aromatic carbocycles. The third-order valence-corrected chi connectivity index (χ3v) is 7.80. The minimum absolute atomic E-state index is 0.00470. The highest BCUT2D eigenvalue weighted by atomic mass is 32.2. The van der Waals surface area contributed by atoms with Crippen molar-refractivity contribution >= 4 is 36.9 Å². The summed E-state index contributed by atoms with van der Waals surface area (Å²) in [6, 6.07) is 6.86. The predicted octanol–water partition coefficient (Wildman–Crippen LogP) is -0.724. The first-order chi connectivity index (χ1) is 16.6. The second-order valence-corrected chi connectivity index (χ2v) is 10.8. The van der Waals surface area contributed by atoms with Gasteiger partial charge in [-0.05, 0) is 17.7 Å². The zero-order chi connectivity index (χ0) is 25.4. The van der Waals surface area contributed by atoms with Gasteiger partial charge in [0.2, 0.25) is 20.0 Å². The van der Waals surface area contributed by atoms with Gasteiger partial charge >= 0.3 is 0 Å². The quantitative estimate of drug-likeness (QED) is 0.209. The first kappa shape index (κ1) is 25.0. The molecule has 1 atom stereocenters. The summed E-state index contributed by atoms with van der Waals surface area (Å²) in [7, 11) is -8.94. The van der Waals surface area contributed by atoms with Crippen LogP contribution in [0.25, 0.3) is 22.2 Å². The number of nitrogens with zero attached hydrogens (tertiary/aromatic N) is 4. The van der Waals surface area contributed by atoms with Gasteiger partial charge in [0.1, 0.15) is 15.6 Å². The lowest BCUT2D eigenvalue weighted by atomic mass is 9.97. The van der Waals surface area contributed by atoms with Crippen molar-refractivity contribution in [2.75, 3.05) is 26.4 Å². The summed E-state index contributed by atoms with van der Waals surface area (Å²) in [5.74, 6) is 0.214. The lowest BCUT2D eigenvalue weighted by Crippen LogP contribution is -2.31. The molecule has 0 unspecified atom stereocenters. The van der Waals surface area contributed by atoms with Gasteiger partial charge in [-0.2, -0.15) is 5.11 Å². The number of hydrogen-bond acceptors (Lipinski definition) is 11. The number of primary sulfonamides is 1. The van der Waals surface area contributed by atoms with Crippen LogP contribution in [-0.2, 0) is 20.0 Å². The number of rotatable bonds is 9. The van der Waals surface area contributed by atoms with Crippen molar-refractivity contribution in [3.05, 3.63) is 41.7 Å². The Morgan fingerprint density at radius 2 is 1.91 bits per heavy atom. The predicted molar refractivity (Wildman–Crippen MR) is 127 cm³/mol. The zero-order valence-electron chi connectivity index (χ0n) is 18.2. The first-order valence-corrected chi connectivity index (χ1v) is 13.3. The monoisotopic (exact) mass is 521 g/mol. The summed E-state index contributed by atoms with van der Waals surface area (Å²) in [6.07, 6.45) is 0. The molecule has 0 radical (unpaired) electrons. The number of benzene rings is 2. The van der Waals surface area contributed by atoms with Gasteiger partial charge in [-0.25, -0.2) is 36.7 Å². The highest BCUT2D eigenvalue weighted by Crippen LogP contribution is 2.37. The van der Waals surface area contributed by atoms with Gasteiger partial charge in [0, 0.05) is 18.7 Å². The Hall–Kier alpha value is -3.12. The van der Waals surface area contributed by atoms with Crippen LogP contribution in [-0.4, -0.2) is 64.1 Å². The first-order valence-electron chi connectivity index (χ1n) is 10.3. The normalized spacial score (nSPS) is 15.0. The Morgan fingerprint density at radius 1 is 1.14 bits per heavy atom. The second kappa shape index (κ2) is 9.50. The van der Waals surface area contributed by atoms with Crippen molar-refractivity contribution in [3.8, 4) is 11.1 Å². The number of sulfonamides is 2. The fourth-order valence-electron chi connectivity index (χ4n) is 3.66. The number of aromatic amines is 1. The van der Waals surface area contributed by atoms with E-state index < -0.39 is 35.9 Å². The Balaban J connectivity index is 2.08.